The zero-order valence-corrected chi connectivity index (χ0v) is 20.8. The van der Waals surface area contributed by atoms with Gasteiger partial charge in [-0.25, -0.2) is 0 Å². The van der Waals surface area contributed by atoms with Gasteiger partial charge >= 0.3 is 0 Å². The predicted molar refractivity (Wildman–Crippen MR) is 133 cm³/mol. The summed E-state index contributed by atoms with van der Waals surface area (Å²) in [6, 6.07) is 13.8. The van der Waals surface area contributed by atoms with Gasteiger partial charge in [-0.2, -0.15) is 0 Å². The van der Waals surface area contributed by atoms with E-state index in [-0.39, 0.29) is 11.3 Å². The Bertz CT molecular complexity index is 1080. The number of rotatable bonds is 8. The van der Waals surface area contributed by atoms with Gasteiger partial charge in [0.1, 0.15) is 11.5 Å². The molecular formula is C26H29BrN2O5. The lowest BCUT2D eigenvalue weighted by atomic mass is 9.95. The van der Waals surface area contributed by atoms with Crippen LogP contribution in [0.25, 0.3) is 5.76 Å². The van der Waals surface area contributed by atoms with E-state index in [1.807, 2.05) is 31.2 Å². The summed E-state index contributed by atoms with van der Waals surface area (Å²) in [5.74, 6) is -0.865. The molecule has 0 radical (unpaired) electrons. The van der Waals surface area contributed by atoms with E-state index in [4.69, 9.17) is 9.47 Å². The molecule has 1 unspecified atom stereocenters. The number of ketones is 1. The van der Waals surface area contributed by atoms with E-state index in [0.29, 0.717) is 37.7 Å². The van der Waals surface area contributed by atoms with Gasteiger partial charge in [-0.05, 0) is 43.2 Å². The minimum absolute atomic E-state index is 0.100. The van der Waals surface area contributed by atoms with Crippen LogP contribution in [0.4, 0.5) is 0 Å². The van der Waals surface area contributed by atoms with E-state index in [1.54, 1.807) is 29.2 Å². The van der Waals surface area contributed by atoms with E-state index < -0.39 is 17.7 Å². The number of morpholine rings is 1. The molecule has 0 bridgehead atoms. The van der Waals surface area contributed by atoms with E-state index in [9.17, 15) is 14.7 Å². The SMILES string of the molecule is CCOc1cccc(C(O)=C2C(=O)C(=O)N(CCCN3CCOCC3)C2c2cccc(Br)c2)c1. The van der Waals surface area contributed by atoms with Gasteiger partial charge in [0.15, 0.2) is 0 Å². The smallest absolute Gasteiger partial charge is 0.295 e. The van der Waals surface area contributed by atoms with Crippen molar-refractivity contribution in [3.05, 3.63) is 69.7 Å². The van der Waals surface area contributed by atoms with Crippen molar-refractivity contribution in [1.29, 1.82) is 0 Å². The van der Waals surface area contributed by atoms with Crippen molar-refractivity contribution < 1.29 is 24.2 Å². The Kier molecular flexibility index (Phi) is 8.03. The van der Waals surface area contributed by atoms with Crippen molar-refractivity contribution in [3.8, 4) is 5.75 Å². The molecule has 2 heterocycles. The molecule has 2 fully saturated rings. The molecule has 0 aliphatic carbocycles. The van der Waals surface area contributed by atoms with Crippen LogP contribution in [0.1, 0.15) is 30.5 Å². The monoisotopic (exact) mass is 528 g/mol. The number of carbonyl (C=O) groups is 2. The molecule has 2 aromatic rings. The number of nitrogens with zero attached hydrogens (tertiary/aromatic N) is 2. The lowest BCUT2D eigenvalue weighted by molar-refractivity contribution is -0.140. The summed E-state index contributed by atoms with van der Waals surface area (Å²) < 4.78 is 11.8. The summed E-state index contributed by atoms with van der Waals surface area (Å²) in [6.45, 7) is 6.74. The highest BCUT2D eigenvalue weighted by molar-refractivity contribution is 9.10. The standard InChI is InChI=1S/C26H29BrN2O5/c1-2-34-21-9-4-7-19(17-21)24(30)22-23(18-6-3-8-20(27)16-18)29(26(32)25(22)31)11-5-10-28-12-14-33-15-13-28/h3-4,6-9,16-17,23,30H,2,5,10-15H2,1H3. The second-order valence-electron chi connectivity index (χ2n) is 8.32. The van der Waals surface area contributed by atoms with Crippen LogP contribution in [0, 0.1) is 0 Å². The second kappa shape index (κ2) is 11.2. The van der Waals surface area contributed by atoms with Gasteiger partial charge < -0.3 is 19.5 Å². The van der Waals surface area contributed by atoms with Crippen molar-refractivity contribution in [3.63, 3.8) is 0 Å². The van der Waals surface area contributed by atoms with Crippen LogP contribution in [0.2, 0.25) is 0 Å². The third-order valence-electron chi connectivity index (χ3n) is 6.10. The number of hydrogen-bond donors (Lipinski definition) is 1. The fourth-order valence-corrected chi connectivity index (χ4v) is 4.90. The molecule has 2 aliphatic heterocycles. The zero-order chi connectivity index (χ0) is 24.1. The van der Waals surface area contributed by atoms with E-state index in [2.05, 4.69) is 20.8 Å². The number of Topliss-reactive ketones (excluding diaryl/α,β-unsaturated/α-hetero) is 1. The zero-order valence-electron chi connectivity index (χ0n) is 19.2. The van der Waals surface area contributed by atoms with Gasteiger partial charge in [-0.3, -0.25) is 14.5 Å². The summed E-state index contributed by atoms with van der Waals surface area (Å²) in [5.41, 5.74) is 1.31. The third-order valence-corrected chi connectivity index (χ3v) is 6.59. The van der Waals surface area contributed by atoms with E-state index in [0.717, 1.165) is 36.1 Å². The minimum atomic E-state index is -0.671. The van der Waals surface area contributed by atoms with Crippen LogP contribution in [0.5, 0.6) is 5.75 Å². The Labute approximate surface area is 208 Å². The third kappa shape index (κ3) is 5.35. The Morgan fingerprint density at radius 1 is 1.12 bits per heavy atom. The van der Waals surface area contributed by atoms with Crippen molar-refractivity contribution >= 4 is 33.4 Å². The van der Waals surface area contributed by atoms with Crippen LogP contribution in [0.3, 0.4) is 0 Å². The summed E-state index contributed by atoms with van der Waals surface area (Å²) in [5, 5.41) is 11.2. The van der Waals surface area contributed by atoms with E-state index >= 15 is 0 Å². The predicted octanol–water partition coefficient (Wildman–Crippen LogP) is 3.99. The Morgan fingerprint density at radius 2 is 1.88 bits per heavy atom. The highest BCUT2D eigenvalue weighted by atomic mass is 79.9. The summed E-state index contributed by atoms with van der Waals surface area (Å²) >= 11 is 3.49. The lowest BCUT2D eigenvalue weighted by Crippen LogP contribution is -2.38. The number of aliphatic hydroxyl groups is 1. The van der Waals surface area contributed by atoms with Crippen molar-refractivity contribution in [2.45, 2.75) is 19.4 Å². The van der Waals surface area contributed by atoms with Crippen LogP contribution >= 0.6 is 15.9 Å². The first-order valence-electron chi connectivity index (χ1n) is 11.6. The minimum Gasteiger partial charge on any atom is -0.507 e. The normalized spacial score (nSPS) is 20.6. The van der Waals surface area contributed by atoms with Crippen LogP contribution in [-0.4, -0.2) is 72.6 Å². The molecule has 2 saturated heterocycles. The molecule has 0 aromatic heterocycles. The average Bonchev–Trinajstić information content (AvgIpc) is 3.10. The van der Waals surface area contributed by atoms with Crippen LogP contribution in [-0.2, 0) is 14.3 Å². The Morgan fingerprint density at radius 3 is 2.62 bits per heavy atom. The second-order valence-corrected chi connectivity index (χ2v) is 9.23. The average molecular weight is 529 g/mol. The first kappa shape index (κ1) is 24.4. The molecule has 1 atom stereocenters. The van der Waals surface area contributed by atoms with Crippen LogP contribution < -0.4 is 4.74 Å². The van der Waals surface area contributed by atoms with Gasteiger partial charge in [-0.15, -0.1) is 0 Å². The topological polar surface area (TPSA) is 79.3 Å². The lowest BCUT2D eigenvalue weighted by Gasteiger charge is -2.29. The largest absolute Gasteiger partial charge is 0.507 e. The van der Waals surface area contributed by atoms with Crippen molar-refractivity contribution in [2.75, 3.05) is 46.0 Å². The number of halogens is 1. The molecule has 1 N–H and O–H groups in total. The molecule has 2 aromatic carbocycles. The quantitative estimate of drug-likeness (QED) is 0.317. The number of hydrogen-bond acceptors (Lipinski definition) is 6. The number of benzene rings is 2. The van der Waals surface area contributed by atoms with Crippen molar-refractivity contribution in [2.24, 2.45) is 0 Å². The molecular weight excluding hydrogens is 500 g/mol. The van der Waals surface area contributed by atoms with Gasteiger partial charge in [0.2, 0.25) is 0 Å². The number of carbonyl (C=O) groups excluding carboxylic acids is 2. The first-order chi connectivity index (χ1) is 16.5. The summed E-state index contributed by atoms with van der Waals surface area (Å²) in [4.78, 5) is 30.2. The number of amides is 1. The van der Waals surface area contributed by atoms with E-state index in [1.165, 1.54) is 0 Å². The fourth-order valence-electron chi connectivity index (χ4n) is 4.48. The van der Waals surface area contributed by atoms with Gasteiger partial charge in [0, 0.05) is 36.2 Å². The molecule has 4 rings (SSSR count). The number of likely N-dealkylation sites (tertiary alicyclic amines) is 1. The van der Waals surface area contributed by atoms with Gasteiger partial charge in [0.25, 0.3) is 11.7 Å². The molecule has 0 spiro atoms. The molecule has 34 heavy (non-hydrogen) atoms. The Balaban J connectivity index is 1.68. The molecule has 0 saturated carbocycles. The highest BCUT2D eigenvalue weighted by Gasteiger charge is 2.45. The van der Waals surface area contributed by atoms with Crippen LogP contribution in [0.15, 0.2) is 58.6 Å². The number of ether oxygens (including phenoxy) is 2. The Hall–Kier alpha value is -2.68. The summed E-state index contributed by atoms with van der Waals surface area (Å²) in [7, 11) is 0. The highest BCUT2D eigenvalue weighted by Crippen LogP contribution is 2.40. The first-order valence-corrected chi connectivity index (χ1v) is 12.4. The molecule has 8 heteroatoms. The fraction of sp³-hybridized carbons (Fsp3) is 0.385. The van der Waals surface area contributed by atoms with Crippen molar-refractivity contribution in [1.82, 2.24) is 9.80 Å². The van der Waals surface area contributed by atoms with Gasteiger partial charge in [-0.1, -0.05) is 40.2 Å². The maximum atomic E-state index is 13.2. The molecule has 2 aliphatic rings. The summed E-state index contributed by atoms with van der Waals surface area (Å²) in [6.07, 6.45) is 0.720. The maximum absolute atomic E-state index is 13.2. The van der Waals surface area contributed by atoms with Gasteiger partial charge in [0.05, 0.1) is 31.4 Å². The molecule has 180 valence electrons. The molecule has 7 nitrogen and oxygen atoms in total. The maximum Gasteiger partial charge on any atom is 0.295 e. The molecule has 1 amide bonds. The number of aliphatic hydroxyl groups excluding tert-OH is 1.